The Labute approximate surface area is 252 Å². The molecule has 2 aliphatic rings. The third kappa shape index (κ3) is 8.15. The van der Waals surface area contributed by atoms with E-state index in [2.05, 4.69) is 5.32 Å². The first kappa shape index (κ1) is 31.2. The highest BCUT2D eigenvalue weighted by atomic mass is 32.1. The number of nitrogens with zero attached hydrogens (tertiary/aromatic N) is 2. The van der Waals surface area contributed by atoms with Gasteiger partial charge in [0.2, 0.25) is 0 Å². The molecule has 0 saturated heterocycles. The van der Waals surface area contributed by atoms with E-state index in [-0.39, 0.29) is 18.1 Å². The Hall–Kier alpha value is -3.79. The standard InChI is InChI=1S/C32H41N3O6S/c1-31(2,3)40-29(37)34-16-12-21(13-17-34)24-9-8-23(20-25(24)39-7)33-28(36)27-11-10-26(42-27)22-14-18-35(19-15-22)30(38)41-32(4,5)6/h8-12,14,20H,13,15-19H2,1-7H3,(H,33,36). The number of hydrogen-bond acceptors (Lipinski definition) is 7. The number of carbonyl (C=O) groups excluding carboxylic acids is 3. The van der Waals surface area contributed by atoms with E-state index in [4.69, 9.17) is 14.2 Å². The van der Waals surface area contributed by atoms with E-state index in [1.165, 1.54) is 11.3 Å². The molecular weight excluding hydrogens is 554 g/mol. The quantitative estimate of drug-likeness (QED) is 0.398. The lowest BCUT2D eigenvalue weighted by Crippen LogP contribution is -2.39. The second-order valence-corrected chi connectivity index (χ2v) is 13.4. The van der Waals surface area contributed by atoms with Crippen LogP contribution in [0.25, 0.3) is 11.1 Å². The minimum Gasteiger partial charge on any atom is -0.496 e. The van der Waals surface area contributed by atoms with Crippen LogP contribution < -0.4 is 10.1 Å². The summed E-state index contributed by atoms with van der Waals surface area (Å²) in [5.74, 6) is 0.455. The van der Waals surface area contributed by atoms with Crippen molar-refractivity contribution < 1.29 is 28.6 Å². The lowest BCUT2D eigenvalue weighted by Gasteiger charge is -2.30. The molecular formula is C32H41N3O6S. The van der Waals surface area contributed by atoms with Crippen LogP contribution in [0.4, 0.5) is 15.3 Å². The molecule has 3 heterocycles. The highest BCUT2D eigenvalue weighted by molar-refractivity contribution is 7.15. The summed E-state index contributed by atoms with van der Waals surface area (Å²) < 4.78 is 16.6. The van der Waals surface area contributed by atoms with Gasteiger partial charge in [-0.2, -0.15) is 0 Å². The molecule has 2 aliphatic heterocycles. The fourth-order valence-corrected chi connectivity index (χ4v) is 5.62. The first-order valence-electron chi connectivity index (χ1n) is 14.2. The number of carbonyl (C=O) groups is 3. The van der Waals surface area contributed by atoms with Gasteiger partial charge in [-0.1, -0.05) is 12.2 Å². The van der Waals surface area contributed by atoms with Crippen molar-refractivity contribution in [2.75, 3.05) is 38.6 Å². The Morgan fingerprint density at radius 3 is 1.88 bits per heavy atom. The SMILES string of the molecule is COc1cc(NC(=O)c2ccc(C3=CCN(C(=O)OC(C)(C)C)CC3)s2)ccc1C1=CCN(C(=O)OC(C)(C)C)CC1. The van der Waals surface area contributed by atoms with E-state index in [0.29, 0.717) is 55.3 Å². The number of thiophene rings is 1. The average molecular weight is 596 g/mol. The topological polar surface area (TPSA) is 97.4 Å². The molecule has 9 nitrogen and oxygen atoms in total. The second-order valence-electron chi connectivity index (χ2n) is 12.3. The van der Waals surface area contributed by atoms with Gasteiger partial charge in [0.05, 0.1) is 12.0 Å². The summed E-state index contributed by atoms with van der Waals surface area (Å²) >= 11 is 1.43. The van der Waals surface area contributed by atoms with Crippen molar-refractivity contribution in [1.29, 1.82) is 0 Å². The van der Waals surface area contributed by atoms with Crippen LogP contribution in [0.5, 0.6) is 5.75 Å². The molecule has 10 heteroatoms. The molecule has 1 N–H and O–H groups in total. The van der Waals surface area contributed by atoms with Gasteiger partial charge in [0.1, 0.15) is 17.0 Å². The van der Waals surface area contributed by atoms with Gasteiger partial charge in [-0.05, 0) is 89.8 Å². The number of ether oxygens (including phenoxy) is 3. The predicted octanol–water partition coefficient (Wildman–Crippen LogP) is 7.06. The zero-order chi connectivity index (χ0) is 30.7. The first-order valence-corrected chi connectivity index (χ1v) is 15.0. The van der Waals surface area contributed by atoms with Crippen LogP contribution in [-0.4, -0.2) is 72.4 Å². The van der Waals surface area contributed by atoms with E-state index in [1.807, 2.05) is 84.0 Å². The maximum Gasteiger partial charge on any atom is 0.410 e. The minimum absolute atomic E-state index is 0.197. The molecule has 0 bridgehead atoms. The third-order valence-corrected chi connectivity index (χ3v) is 7.83. The Balaban J connectivity index is 1.37. The van der Waals surface area contributed by atoms with Gasteiger partial charge in [0, 0.05) is 48.4 Å². The van der Waals surface area contributed by atoms with Crippen LogP contribution in [0.15, 0.2) is 42.5 Å². The molecule has 0 spiro atoms. The maximum absolute atomic E-state index is 13.1. The van der Waals surface area contributed by atoms with Crippen LogP contribution in [0.1, 0.15) is 74.5 Å². The highest BCUT2D eigenvalue weighted by Crippen LogP contribution is 2.34. The van der Waals surface area contributed by atoms with Crippen molar-refractivity contribution in [3.63, 3.8) is 0 Å². The van der Waals surface area contributed by atoms with Gasteiger partial charge < -0.3 is 29.3 Å². The van der Waals surface area contributed by atoms with Crippen molar-refractivity contribution >= 4 is 46.3 Å². The van der Waals surface area contributed by atoms with Crippen LogP contribution in [-0.2, 0) is 9.47 Å². The van der Waals surface area contributed by atoms with Crippen molar-refractivity contribution in [1.82, 2.24) is 9.80 Å². The third-order valence-electron chi connectivity index (χ3n) is 6.67. The molecule has 1 aromatic heterocycles. The van der Waals surface area contributed by atoms with Crippen molar-refractivity contribution in [2.24, 2.45) is 0 Å². The first-order chi connectivity index (χ1) is 19.7. The molecule has 1 aromatic carbocycles. The molecule has 4 rings (SSSR count). The molecule has 0 saturated carbocycles. The summed E-state index contributed by atoms with van der Waals surface area (Å²) in [5, 5.41) is 2.98. The van der Waals surface area contributed by atoms with Crippen molar-refractivity contribution in [3.8, 4) is 5.75 Å². The van der Waals surface area contributed by atoms with Crippen LogP contribution in [0.3, 0.4) is 0 Å². The van der Waals surface area contributed by atoms with E-state index in [0.717, 1.165) is 21.6 Å². The van der Waals surface area contributed by atoms with E-state index < -0.39 is 11.2 Å². The molecule has 0 atom stereocenters. The van der Waals surface area contributed by atoms with E-state index in [1.54, 1.807) is 16.9 Å². The zero-order valence-corrected chi connectivity index (χ0v) is 26.4. The summed E-state index contributed by atoms with van der Waals surface area (Å²) in [6.45, 7) is 13.2. The number of nitrogens with one attached hydrogen (secondary N) is 1. The minimum atomic E-state index is -0.534. The maximum atomic E-state index is 13.1. The monoisotopic (exact) mass is 595 g/mol. The van der Waals surface area contributed by atoms with Gasteiger partial charge in [0.15, 0.2) is 0 Å². The number of anilines is 1. The number of benzene rings is 1. The summed E-state index contributed by atoms with van der Waals surface area (Å²) in [4.78, 5) is 42.8. The van der Waals surface area contributed by atoms with Gasteiger partial charge in [-0.3, -0.25) is 4.79 Å². The lowest BCUT2D eigenvalue weighted by molar-refractivity contribution is 0.0260. The summed E-state index contributed by atoms with van der Waals surface area (Å²) in [6, 6.07) is 9.39. The Kier molecular flexibility index (Phi) is 9.35. The van der Waals surface area contributed by atoms with Crippen LogP contribution in [0, 0.1) is 0 Å². The van der Waals surface area contributed by atoms with Gasteiger partial charge >= 0.3 is 12.2 Å². The lowest BCUT2D eigenvalue weighted by atomic mass is 9.98. The molecule has 0 radical (unpaired) electrons. The number of methoxy groups -OCH3 is 1. The summed E-state index contributed by atoms with van der Waals surface area (Å²) in [6.07, 6.45) is 4.78. The fourth-order valence-electron chi connectivity index (χ4n) is 4.65. The predicted molar refractivity (Wildman–Crippen MR) is 166 cm³/mol. The normalized spacial score (nSPS) is 15.9. The van der Waals surface area contributed by atoms with Crippen molar-refractivity contribution in [3.05, 3.63) is 57.8 Å². The molecule has 2 aromatic rings. The highest BCUT2D eigenvalue weighted by Gasteiger charge is 2.26. The molecule has 3 amide bonds. The average Bonchev–Trinajstić information content (AvgIpc) is 3.42. The van der Waals surface area contributed by atoms with Crippen LogP contribution in [0.2, 0.25) is 0 Å². The molecule has 0 fully saturated rings. The Morgan fingerprint density at radius 1 is 0.810 bits per heavy atom. The van der Waals surface area contributed by atoms with Crippen LogP contribution >= 0.6 is 11.3 Å². The van der Waals surface area contributed by atoms with E-state index in [9.17, 15) is 14.4 Å². The second kappa shape index (κ2) is 12.6. The molecule has 0 aliphatic carbocycles. The number of rotatable bonds is 5. The Morgan fingerprint density at radius 2 is 1.38 bits per heavy atom. The fraction of sp³-hybridized carbons (Fsp3) is 0.469. The Bertz CT molecular complexity index is 1400. The molecule has 0 unspecified atom stereocenters. The van der Waals surface area contributed by atoms with Gasteiger partial charge in [-0.15, -0.1) is 11.3 Å². The smallest absolute Gasteiger partial charge is 0.410 e. The molecule has 42 heavy (non-hydrogen) atoms. The largest absolute Gasteiger partial charge is 0.496 e. The van der Waals surface area contributed by atoms with Gasteiger partial charge in [-0.25, -0.2) is 9.59 Å². The number of hydrogen-bond donors (Lipinski definition) is 1. The summed E-state index contributed by atoms with van der Waals surface area (Å²) in [5.41, 5.74) is 2.71. The number of amides is 3. The summed E-state index contributed by atoms with van der Waals surface area (Å²) in [7, 11) is 1.61. The van der Waals surface area contributed by atoms with E-state index >= 15 is 0 Å². The zero-order valence-electron chi connectivity index (χ0n) is 25.5. The van der Waals surface area contributed by atoms with Gasteiger partial charge in [0.25, 0.3) is 5.91 Å². The molecule has 226 valence electrons. The van der Waals surface area contributed by atoms with Crippen molar-refractivity contribution in [2.45, 2.75) is 65.6 Å².